The highest BCUT2D eigenvalue weighted by Crippen LogP contribution is 2.42. The molecule has 9 rings (SSSR count). The van der Waals surface area contributed by atoms with Crippen LogP contribution in [0.3, 0.4) is 0 Å². The van der Waals surface area contributed by atoms with Gasteiger partial charge in [-0.2, -0.15) is 0 Å². The Bertz CT molecular complexity index is 2980. The molecule has 5 amide bonds. The molecule has 5 aromatic carbocycles. The molecule has 5 aromatic rings. The molecule has 3 heterocycles. The fraction of sp³-hybridized carbons (Fsp3) is 0.357. The Morgan fingerprint density at radius 2 is 1.33 bits per heavy atom. The van der Waals surface area contributed by atoms with Gasteiger partial charge in [-0.25, -0.2) is 0 Å². The van der Waals surface area contributed by atoms with Gasteiger partial charge in [0.25, 0.3) is 5.91 Å². The number of nitrogens with zero attached hydrogens (tertiary/aromatic N) is 2. The quantitative estimate of drug-likeness (QED) is 0.0489. The van der Waals surface area contributed by atoms with Crippen molar-refractivity contribution in [3.05, 3.63) is 124 Å². The van der Waals surface area contributed by atoms with Gasteiger partial charge < -0.3 is 65.8 Å². The van der Waals surface area contributed by atoms with Crippen LogP contribution in [0.25, 0.3) is 0 Å². The highest BCUT2D eigenvalue weighted by atomic mass is 16.5. The van der Waals surface area contributed by atoms with Crippen LogP contribution in [0, 0.1) is 5.92 Å². The second-order valence-corrected chi connectivity index (χ2v) is 19.2. The highest BCUT2D eigenvalue weighted by Gasteiger charge is 2.42. The first-order valence-corrected chi connectivity index (χ1v) is 25.2. The van der Waals surface area contributed by atoms with E-state index in [0.29, 0.717) is 63.8 Å². The molecular weight excluding hydrogens is 961 g/mol. The third kappa shape index (κ3) is 11.9. The third-order valence-electron chi connectivity index (χ3n) is 14.2. The number of amides is 5. The van der Waals surface area contributed by atoms with Gasteiger partial charge in [0.2, 0.25) is 23.6 Å². The summed E-state index contributed by atoms with van der Waals surface area (Å²) in [6.07, 6.45) is 5.63. The molecule has 2 unspecified atom stereocenters. The van der Waals surface area contributed by atoms with Crippen LogP contribution >= 0.6 is 0 Å². The monoisotopic (exact) mass is 1020 g/mol. The molecule has 0 radical (unpaired) electrons. The summed E-state index contributed by atoms with van der Waals surface area (Å²) < 4.78 is 24.2. The van der Waals surface area contributed by atoms with E-state index in [-0.39, 0.29) is 55.0 Å². The summed E-state index contributed by atoms with van der Waals surface area (Å²) in [4.78, 5) is 81.3. The molecule has 1 saturated carbocycles. The topological polar surface area (TPSA) is 238 Å². The van der Waals surface area contributed by atoms with Crippen LogP contribution in [-0.2, 0) is 45.2 Å². The van der Waals surface area contributed by atoms with Crippen LogP contribution in [0.15, 0.2) is 91.0 Å². The van der Waals surface area contributed by atoms with Crippen molar-refractivity contribution in [3.63, 3.8) is 0 Å². The number of hydrogen-bond donors (Lipinski definition) is 7. The summed E-state index contributed by atoms with van der Waals surface area (Å²) in [5.41, 5.74) is 7.23. The van der Waals surface area contributed by atoms with E-state index in [0.717, 1.165) is 56.1 Å². The predicted octanol–water partition coefficient (Wildman–Crippen LogP) is 5.33. The first kappa shape index (κ1) is 51.6. The molecule has 19 nitrogen and oxygen atoms in total. The molecule has 1 fully saturated rings. The number of hydrogen-bond acceptors (Lipinski definition) is 14. The van der Waals surface area contributed by atoms with Crippen molar-refractivity contribution in [3.8, 4) is 23.0 Å². The molecule has 0 bridgehead atoms. The number of aldehydes is 1. The molecule has 0 saturated heterocycles. The standard InChI is InChI=1S/C56H62N8O11/c1-63-40(20-36-13-7-9-15-44(36)63)26-57-42-24-49(47(72-2)22-38(42)30-65)74-31-33-17-34(19-39(18-33)61-53(68)29-59-51(66)27-58-52(67)28-60-54(69)35-11-5-4-6-12-35)32-75-50-25-43-41(23-48(50)73-3)56(71)64-45-16-10-8-14-37(45)21-46(64)55(70)62-43/h7-10,13-19,22-25,30,35,40,46,55,57,62,70H,4-6,11-12,20-21,26-29,31-32H2,1-3H3,(H,58,67)(H,59,66)(H,60,69)(H,61,68)/t40?,46?,55-/m1/s1. The number of benzene rings is 5. The lowest BCUT2D eigenvalue weighted by molar-refractivity contribution is -0.130. The smallest absolute Gasteiger partial charge is 0.260 e. The molecule has 19 heteroatoms. The zero-order valence-electron chi connectivity index (χ0n) is 42.2. The van der Waals surface area contributed by atoms with Crippen molar-refractivity contribution >= 4 is 64.3 Å². The van der Waals surface area contributed by atoms with Crippen molar-refractivity contribution < 1.29 is 52.8 Å². The van der Waals surface area contributed by atoms with Gasteiger partial charge in [0.15, 0.2) is 29.3 Å². The fourth-order valence-electron chi connectivity index (χ4n) is 10.3. The van der Waals surface area contributed by atoms with Gasteiger partial charge in [-0.3, -0.25) is 28.8 Å². The first-order chi connectivity index (χ1) is 36.4. The molecule has 0 aromatic heterocycles. The van der Waals surface area contributed by atoms with Gasteiger partial charge in [-0.05, 0) is 90.4 Å². The van der Waals surface area contributed by atoms with Gasteiger partial charge >= 0.3 is 0 Å². The van der Waals surface area contributed by atoms with Gasteiger partial charge in [0.05, 0.1) is 57.2 Å². The van der Waals surface area contributed by atoms with Gasteiger partial charge in [0.1, 0.15) is 19.4 Å². The van der Waals surface area contributed by atoms with Gasteiger partial charge in [-0.1, -0.05) is 55.7 Å². The van der Waals surface area contributed by atoms with Crippen molar-refractivity contribution in [2.45, 2.75) is 76.5 Å². The van der Waals surface area contributed by atoms with E-state index in [1.54, 1.807) is 41.3 Å². The van der Waals surface area contributed by atoms with Gasteiger partial charge in [-0.15, -0.1) is 0 Å². The largest absolute Gasteiger partial charge is 0.493 e. The molecule has 3 aliphatic heterocycles. The molecule has 4 aliphatic rings. The van der Waals surface area contributed by atoms with Crippen molar-refractivity contribution in [1.29, 1.82) is 0 Å². The first-order valence-electron chi connectivity index (χ1n) is 25.2. The summed E-state index contributed by atoms with van der Waals surface area (Å²) in [6.45, 7) is -0.627. The van der Waals surface area contributed by atoms with Crippen LogP contribution in [0.2, 0.25) is 0 Å². The lowest BCUT2D eigenvalue weighted by Crippen LogP contribution is -2.45. The Balaban J connectivity index is 0.897. The molecule has 75 heavy (non-hydrogen) atoms. The normalized spacial score (nSPS) is 17.4. The van der Waals surface area contributed by atoms with Crippen molar-refractivity contribution in [2.24, 2.45) is 5.92 Å². The fourth-order valence-corrected chi connectivity index (χ4v) is 10.3. The summed E-state index contributed by atoms with van der Waals surface area (Å²) in [5, 5.41) is 28.4. The number of carbonyl (C=O) groups excluding carboxylic acids is 6. The molecule has 7 N–H and O–H groups in total. The number of ether oxygens (including phenoxy) is 4. The number of likely N-dealkylation sites (N-methyl/N-ethyl adjacent to an activating group) is 1. The van der Waals surface area contributed by atoms with E-state index in [1.165, 1.54) is 25.5 Å². The summed E-state index contributed by atoms with van der Waals surface area (Å²) >= 11 is 0. The SMILES string of the molecule is COc1cc(C=O)c(NCC2Cc3ccccc3N2C)cc1OCc1cc(COc2cc3c(cc2OC)C(=O)N2c4ccccc4CC2[C@@H](O)N3)cc(NC(=O)CNC(=O)CNC(=O)CNC(=O)C2CCCCC2)c1. The maximum absolute atomic E-state index is 14.1. The Hall–Kier alpha value is -8.32. The minimum absolute atomic E-state index is 0.0297. The maximum atomic E-state index is 14.1. The van der Waals surface area contributed by atoms with E-state index < -0.39 is 43.1 Å². The van der Waals surface area contributed by atoms with Crippen LogP contribution in [0.4, 0.5) is 28.4 Å². The Morgan fingerprint density at radius 1 is 0.720 bits per heavy atom. The minimum atomic E-state index is -1.09. The zero-order valence-corrected chi connectivity index (χ0v) is 42.2. The average Bonchev–Trinajstić information content (AvgIpc) is 3.96. The number of aliphatic hydroxyl groups excluding tert-OH is 1. The van der Waals surface area contributed by atoms with Gasteiger partial charge in [0, 0.05) is 60.0 Å². The van der Waals surface area contributed by atoms with E-state index >= 15 is 0 Å². The Labute approximate surface area is 434 Å². The van der Waals surface area contributed by atoms with E-state index in [4.69, 9.17) is 18.9 Å². The van der Waals surface area contributed by atoms with Crippen LogP contribution < -0.4 is 60.6 Å². The second kappa shape index (κ2) is 23.3. The highest BCUT2D eigenvalue weighted by molar-refractivity contribution is 6.12. The number of methoxy groups -OCH3 is 2. The minimum Gasteiger partial charge on any atom is -0.493 e. The number of anilines is 5. The Kier molecular flexibility index (Phi) is 16.0. The lowest BCUT2D eigenvalue weighted by atomic mass is 9.89. The number of fused-ring (bicyclic) bond motifs is 5. The van der Waals surface area contributed by atoms with Crippen molar-refractivity contribution in [2.75, 3.05) is 73.2 Å². The second-order valence-electron chi connectivity index (χ2n) is 19.2. The summed E-state index contributed by atoms with van der Waals surface area (Å²) in [7, 11) is 5.00. The number of nitrogens with one attached hydrogen (secondary N) is 6. The number of para-hydroxylation sites is 2. The number of aliphatic hydroxyl groups is 1. The number of carbonyl (C=O) groups is 6. The van der Waals surface area contributed by atoms with Crippen molar-refractivity contribution in [1.82, 2.24) is 16.0 Å². The van der Waals surface area contributed by atoms with Crippen LogP contribution in [0.1, 0.15) is 75.1 Å². The van der Waals surface area contributed by atoms with E-state index in [1.807, 2.05) is 42.5 Å². The maximum Gasteiger partial charge on any atom is 0.260 e. The average molecular weight is 1020 g/mol. The van der Waals surface area contributed by atoms with Crippen LogP contribution in [-0.4, -0.2) is 107 Å². The predicted molar refractivity (Wildman–Crippen MR) is 282 cm³/mol. The molecule has 0 spiro atoms. The van der Waals surface area contributed by atoms with E-state index in [2.05, 4.69) is 56.0 Å². The lowest BCUT2D eigenvalue weighted by Gasteiger charge is -2.26. The summed E-state index contributed by atoms with van der Waals surface area (Å²) in [6, 6.07) is 27.2. The van der Waals surface area contributed by atoms with E-state index in [9.17, 15) is 33.9 Å². The summed E-state index contributed by atoms with van der Waals surface area (Å²) in [5.74, 6) is -1.06. The molecule has 392 valence electrons. The third-order valence-corrected chi connectivity index (χ3v) is 14.2. The Morgan fingerprint density at radius 3 is 2.00 bits per heavy atom. The molecule has 1 aliphatic carbocycles. The van der Waals surface area contributed by atoms with Crippen LogP contribution in [0.5, 0.6) is 23.0 Å². The number of rotatable bonds is 20. The zero-order chi connectivity index (χ0) is 52.6. The molecule has 3 atom stereocenters. The molecular formula is C56H62N8O11.